The first-order valence-corrected chi connectivity index (χ1v) is 13.3. The Labute approximate surface area is 237 Å². The fraction of sp³-hybridized carbons (Fsp3) is 0.448. The van der Waals surface area contributed by atoms with Crippen molar-refractivity contribution in [3.8, 4) is 0 Å². The van der Waals surface area contributed by atoms with Crippen molar-refractivity contribution in [3.63, 3.8) is 0 Å². The van der Waals surface area contributed by atoms with E-state index in [9.17, 15) is 27.6 Å². The van der Waals surface area contributed by atoms with E-state index in [1.165, 1.54) is 0 Å². The summed E-state index contributed by atoms with van der Waals surface area (Å²) < 4.78 is 31.7. The van der Waals surface area contributed by atoms with E-state index in [-0.39, 0.29) is 29.7 Å². The zero-order valence-electron chi connectivity index (χ0n) is 23.4. The molecule has 0 bridgehead atoms. The van der Waals surface area contributed by atoms with Crippen LogP contribution in [0.4, 0.5) is 13.2 Å². The number of carbonyl (C=O) groups is 4. The average molecular weight is 579 g/mol. The molecule has 4 N–H and O–H groups in total. The SMILES string of the molecule is CNC(C)C(=O)NC(C(=O)N1CCCC1C(=O)NC(c1ccccc1)c1ccccc1)C(C)C.O=C(O)C(F)(F)F. The van der Waals surface area contributed by atoms with Crippen molar-refractivity contribution in [3.05, 3.63) is 71.8 Å². The van der Waals surface area contributed by atoms with Crippen molar-refractivity contribution in [2.24, 2.45) is 5.92 Å². The van der Waals surface area contributed by atoms with Crippen LogP contribution in [0.2, 0.25) is 0 Å². The monoisotopic (exact) mass is 578 g/mol. The zero-order chi connectivity index (χ0) is 30.7. The fourth-order valence-electron chi connectivity index (χ4n) is 4.29. The Morgan fingerprint density at radius 2 is 1.39 bits per heavy atom. The van der Waals surface area contributed by atoms with Gasteiger partial charge in [0.25, 0.3) is 0 Å². The summed E-state index contributed by atoms with van der Waals surface area (Å²) in [4.78, 5) is 50.0. The van der Waals surface area contributed by atoms with Crippen LogP contribution in [0.15, 0.2) is 60.7 Å². The van der Waals surface area contributed by atoms with Gasteiger partial charge in [0.1, 0.15) is 12.1 Å². The number of nitrogens with zero attached hydrogens (tertiary/aromatic N) is 1. The Balaban J connectivity index is 0.000000745. The number of amides is 3. The largest absolute Gasteiger partial charge is 0.490 e. The van der Waals surface area contributed by atoms with E-state index < -0.39 is 30.3 Å². The van der Waals surface area contributed by atoms with Crippen molar-refractivity contribution in [2.45, 2.75) is 64.0 Å². The maximum Gasteiger partial charge on any atom is 0.490 e. The van der Waals surface area contributed by atoms with Crippen LogP contribution in [0.25, 0.3) is 0 Å². The highest BCUT2D eigenvalue weighted by molar-refractivity contribution is 5.93. The second kappa shape index (κ2) is 15.2. The Morgan fingerprint density at radius 1 is 0.902 bits per heavy atom. The third-order valence-corrected chi connectivity index (χ3v) is 6.69. The Kier molecular flexibility index (Phi) is 12.3. The molecular formula is C29H37F3N4O5. The molecule has 3 unspecified atom stereocenters. The number of benzene rings is 2. The van der Waals surface area contributed by atoms with Gasteiger partial charge in [-0.1, -0.05) is 74.5 Å². The number of carboxylic acid groups (broad SMARTS) is 1. The lowest BCUT2D eigenvalue weighted by Gasteiger charge is -2.32. The lowest BCUT2D eigenvalue weighted by atomic mass is 9.98. The van der Waals surface area contributed by atoms with Gasteiger partial charge >= 0.3 is 12.1 Å². The van der Waals surface area contributed by atoms with E-state index in [1.54, 1.807) is 18.9 Å². The van der Waals surface area contributed by atoms with Gasteiger partial charge in [-0.15, -0.1) is 0 Å². The number of halogens is 3. The quantitative estimate of drug-likeness (QED) is 0.362. The van der Waals surface area contributed by atoms with Crippen molar-refractivity contribution >= 4 is 23.7 Å². The zero-order valence-corrected chi connectivity index (χ0v) is 23.4. The molecule has 0 spiro atoms. The van der Waals surface area contributed by atoms with Gasteiger partial charge in [0, 0.05) is 6.54 Å². The molecule has 1 aliphatic rings. The van der Waals surface area contributed by atoms with E-state index >= 15 is 0 Å². The van der Waals surface area contributed by atoms with Crippen LogP contribution in [0.1, 0.15) is 50.8 Å². The van der Waals surface area contributed by atoms with Crippen molar-refractivity contribution in [1.29, 1.82) is 0 Å². The summed E-state index contributed by atoms with van der Waals surface area (Å²) in [5.74, 6) is -3.48. The van der Waals surface area contributed by atoms with E-state index in [4.69, 9.17) is 9.90 Å². The molecule has 3 rings (SSSR count). The first-order chi connectivity index (χ1) is 19.3. The molecule has 0 aliphatic carbocycles. The summed E-state index contributed by atoms with van der Waals surface area (Å²) in [7, 11) is 1.70. The Morgan fingerprint density at radius 3 is 1.80 bits per heavy atom. The van der Waals surface area contributed by atoms with Gasteiger partial charge in [-0.05, 0) is 43.9 Å². The van der Waals surface area contributed by atoms with Crippen molar-refractivity contribution in [2.75, 3.05) is 13.6 Å². The molecule has 1 fully saturated rings. The summed E-state index contributed by atoms with van der Waals surface area (Å²) in [5.41, 5.74) is 1.96. The van der Waals surface area contributed by atoms with Crippen LogP contribution in [-0.2, 0) is 19.2 Å². The summed E-state index contributed by atoms with van der Waals surface area (Å²) in [6.45, 7) is 6.05. The highest BCUT2D eigenvalue weighted by Crippen LogP contribution is 2.25. The lowest BCUT2D eigenvalue weighted by Crippen LogP contribution is -2.57. The van der Waals surface area contributed by atoms with Crippen LogP contribution in [0, 0.1) is 5.92 Å². The molecular weight excluding hydrogens is 541 g/mol. The normalized spacial score (nSPS) is 16.4. The van der Waals surface area contributed by atoms with Gasteiger partial charge < -0.3 is 26.0 Å². The number of carboxylic acids is 1. The number of rotatable bonds is 9. The van der Waals surface area contributed by atoms with Crippen LogP contribution in [-0.4, -0.2) is 71.6 Å². The van der Waals surface area contributed by atoms with Gasteiger partial charge in [-0.2, -0.15) is 13.2 Å². The van der Waals surface area contributed by atoms with Gasteiger partial charge in [-0.25, -0.2) is 4.79 Å². The summed E-state index contributed by atoms with van der Waals surface area (Å²) in [6.07, 6.45) is -3.74. The molecule has 0 radical (unpaired) electrons. The standard InChI is InChI=1S/C27H36N4O3.C2HF3O2/c1-18(2)23(29-25(32)19(3)28-4)27(34)31-17-11-16-22(31)26(33)30-24(20-12-7-5-8-13-20)21-14-9-6-10-15-21;3-2(4,5)1(6)7/h5-10,12-15,18-19,22-24,28H,11,16-17H2,1-4H3,(H,29,32)(H,30,33);(H,6,7). The lowest BCUT2D eigenvalue weighted by molar-refractivity contribution is -0.192. The number of carbonyl (C=O) groups excluding carboxylic acids is 3. The molecule has 1 saturated heterocycles. The van der Waals surface area contributed by atoms with Gasteiger partial charge in [0.05, 0.1) is 12.1 Å². The molecule has 2 aromatic carbocycles. The number of nitrogens with one attached hydrogen (secondary N) is 3. The molecule has 3 atom stereocenters. The molecule has 2 aromatic rings. The molecule has 0 aromatic heterocycles. The summed E-state index contributed by atoms with van der Waals surface area (Å²) >= 11 is 0. The van der Waals surface area contributed by atoms with Crippen molar-refractivity contribution in [1.82, 2.24) is 20.9 Å². The van der Waals surface area contributed by atoms with E-state index in [0.717, 1.165) is 17.5 Å². The number of likely N-dealkylation sites (N-methyl/N-ethyl adjacent to an activating group) is 1. The van der Waals surface area contributed by atoms with E-state index in [0.29, 0.717) is 13.0 Å². The number of hydrogen-bond acceptors (Lipinski definition) is 5. The Hall–Kier alpha value is -3.93. The van der Waals surface area contributed by atoms with Crippen molar-refractivity contribution < 1.29 is 37.5 Å². The van der Waals surface area contributed by atoms with Crippen LogP contribution in [0.3, 0.4) is 0 Å². The number of likely N-dealkylation sites (tertiary alicyclic amines) is 1. The summed E-state index contributed by atoms with van der Waals surface area (Å²) in [6, 6.07) is 17.7. The second-order valence-electron chi connectivity index (χ2n) is 10.00. The van der Waals surface area contributed by atoms with Crippen LogP contribution in [0.5, 0.6) is 0 Å². The first-order valence-electron chi connectivity index (χ1n) is 13.3. The third-order valence-electron chi connectivity index (χ3n) is 6.69. The van der Waals surface area contributed by atoms with E-state index in [2.05, 4.69) is 16.0 Å². The predicted molar refractivity (Wildman–Crippen MR) is 147 cm³/mol. The highest BCUT2D eigenvalue weighted by Gasteiger charge is 2.40. The Bertz CT molecular complexity index is 1120. The van der Waals surface area contributed by atoms with Crippen LogP contribution < -0.4 is 16.0 Å². The maximum atomic E-state index is 13.5. The minimum atomic E-state index is -5.08. The molecule has 1 aliphatic heterocycles. The second-order valence-corrected chi connectivity index (χ2v) is 10.00. The number of aliphatic carboxylic acids is 1. The number of hydrogen-bond donors (Lipinski definition) is 4. The summed E-state index contributed by atoms with van der Waals surface area (Å²) in [5, 5.41) is 16.1. The predicted octanol–water partition coefficient (Wildman–Crippen LogP) is 3.27. The van der Waals surface area contributed by atoms with E-state index in [1.807, 2.05) is 74.5 Å². The minimum Gasteiger partial charge on any atom is -0.475 e. The van der Waals surface area contributed by atoms with Crippen LogP contribution >= 0.6 is 0 Å². The first kappa shape index (κ1) is 33.3. The molecule has 9 nitrogen and oxygen atoms in total. The molecule has 3 amide bonds. The molecule has 1 heterocycles. The van der Waals surface area contributed by atoms with Gasteiger partial charge in [0.2, 0.25) is 17.7 Å². The van der Waals surface area contributed by atoms with Gasteiger partial charge in [-0.3, -0.25) is 14.4 Å². The maximum absolute atomic E-state index is 13.5. The fourth-order valence-corrected chi connectivity index (χ4v) is 4.29. The average Bonchev–Trinajstić information content (AvgIpc) is 3.44. The minimum absolute atomic E-state index is 0.105. The number of alkyl halides is 3. The van der Waals surface area contributed by atoms with Gasteiger partial charge in [0.15, 0.2) is 0 Å². The third kappa shape index (κ3) is 9.59. The highest BCUT2D eigenvalue weighted by atomic mass is 19.4. The smallest absolute Gasteiger partial charge is 0.475 e. The molecule has 224 valence electrons. The molecule has 12 heteroatoms. The molecule has 0 saturated carbocycles. The topological polar surface area (TPSA) is 128 Å². The molecule has 41 heavy (non-hydrogen) atoms.